The van der Waals surface area contributed by atoms with E-state index >= 15 is 0 Å². The fourth-order valence-corrected chi connectivity index (χ4v) is 3.54. The van der Waals surface area contributed by atoms with Crippen LogP contribution in [-0.2, 0) is 6.42 Å². The molecule has 0 unspecified atom stereocenters. The van der Waals surface area contributed by atoms with E-state index < -0.39 is 0 Å². The number of benzene rings is 2. The third-order valence-electron chi connectivity index (χ3n) is 4.29. The number of aryl methyl sites for hydroxylation is 1. The molecule has 21 heavy (non-hydrogen) atoms. The molecule has 0 heterocycles. The number of hydrogen-bond donors (Lipinski definition) is 1. The Morgan fingerprint density at radius 1 is 0.905 bits per heavy atom. The maximum absolute atomic E-state index is 3.85. The maximum atomic E-state index is 3.85. The summed E-state index contributed by atoms with van der Waals surface area (Å²) >= 11 is 0. The van der Waals surface area contributed by atoms with Gasteiger partial charge in [0.1, 0.15) is 0 Å². The van der Waals surface area contributed by atoms with E-state index in [1.165, 1.54) is 29.5 Å². The summed E-state index contributed by atoms with van der Waals surface area (Å²) in [6.45, 7) is 6.78. The zero-order valence-corrected chi connectivity index (χ0v) is 13.3. The second kappa shape index (κ2) is 5.65. The largest absolute Gasteiger partial charge is 0.308 e. The number of fused-ring (bicyclic) bond motifs is 1. The number of nitrogens with one attached hydrogen (secondary N) is 1. The van der Waals surface area contributed by atoms with Gasteiger partial charge in [-0.05, 0) is 50.3 Å². The van der Waals surface area contributed by atoms with Crippen LogP contribution in [0.1, 0.15) is 49.8 Å². The van der Waals surface area contributed by atoms with E-state index in [0.717, 1.165) is 0 Å². The van der Waals surface area contributed by atoms with Crippen molar-refractivity contribution in [2.75, 3.05) is 0 Å². The maximum Gasteiger partial charge on any atom is 0.0246 e. The van der Waals surface area contributed by atoms with Crippen LogP contribution < -0.4 is 5.32 Å². The Bertz CT molecular complexity index is 595. The number of rotatable bonds is 2. The molecule has 0 amide bonds. The van der Waals surface area contributed by atoms with Crippen LogP contribution in [0.2, 0.25) is 0 Å². The topological polar surface area (TPSA) is 12.0 Å². The SMILES string of the molecule is CC(C)(C)N[C@@H]1CCc2ccccc2[C@H]1c1ccccc1. The van der Waals surface area contributed by atoms with Gasteiger partial charge < -0.3 is 5.32 Å². The highest BCUT2D eigenvalue weighted by molar-refractivity contribution is 5.42. The Morgan fingerprint density at radius 3 is 2.29 bits per heavy atom. The summed E-state index contributed by atoms with van der Waals surface area (Å²) in [5.41, 5.74) is 4.57. The molecule has 0 aromatic heterocycles. The van der Waals surface area contributed by atoms with Gasteiger partial charge in [0.25, 0.3) is 0 Å². The second-order valence-corrected chi connectivity index (χ2v) is 7.13. The van der Waals surface area contributed by atoms with Crippen molar-refractivity contribution in [3.05, 3.63) is 71.3 Å². The van der Waals surface area contributed by atoms with E-state index in [0.29, 0.717) is 12.0 Å². The van der Waals surface area contributed by atoms with Gasteiger partial charge >= 0.3 is 0 Å². The first-order valence-electron chi connectivity index (χ1n) is 7.95. The molecule has 0 spiro atoms. The minimum absolute atomic E-state index is 0.143. The molecule has 1 aliphatic rings. The molecule has 0 saturated carbocycles. The van der Waals surface area contributed by atoms with Crippen LogP contribution in [0.5, 0.6) is 0 Å². The van der Waals surface area contributed by atoms with Crippen molar-refractivity contribution in [1.82, 2.24) is 5.32 Å². The van der Waals surface area contributed by atoms with Gasteiger partial charge in [-0.3, -0.25) is 0 Å². The van der Waals surface area contributed by atoms with Gasteiger partial charge in [-0.25, -0.2) is 0 Å². The van der Waals surface area contributed by atoms with Crippen molar-refractivity contribution >= 4 is 0 Å². The zero-order chi connectivity index (χ0) is 14.9. The normalized spacial score (nSPS) is 21.9. The highest BCUT2D eigenvalue weighted by atomic mass is 15.0. The first-order valence-corrected chi connectivity index (χ1v) is 7.95. The van der Waals surface area contributed by atoms with Gasteiger partial charge in [0.05, 0.1) is 0 Å². The summed E-state index contributed by atoms with van der Waals surface area (Å²) < 4.78 is 0. The van der Waals surface area contributed by atoms with E-state index in [1.54, 1.807) is 0 Å². The molecule has 0 saturated heterocycles. The fourth-order valence-electron chi connectivity index (χ4n) is 3.54. The van der Waals surface area contributed by atoms with E-state index in [1.807, 2.05) is 0 Å². The molecule has 3 rings (SSSR count). The van der Waals surface area contributed by atoms with Crippen molar-refractivity contribution in [3.63, 3.8) is 0 Å². The molecule has 0 fully saturated rings. The molecule has 2 aromatic rings. The lowest BCUT2D eigenvalue weighted by Crippen LogP contribution is -2.48. The van der Waals surface area contributed by atoms with Crippen molar-refractivity contribution in [3.8, 4) is 0 Å². The van der Waals surface area contributed by atoms with Crippen LogP contribution in [0.15, 0.2) is 54.6 Å². The van der Waals surface area contributed by atoms with E-state index in [2.05, 4.69) is 80.7 Å². The second-order valence-electron chi connectivity index (χ2n) is 7.13. The molecule has 1 aliphatic carbocycles. The predicted molar refractivity (Wildman–Crippen MR) is 89.7 cm³/mol. The summed E-state index contributed by atoms with van der Waals surface area (Å²) in [6.07, 6.45) is 2.38. The van der Waals surface area contributed by atoms with Gasteiger partial charge in [-0.1, -0.05) is 54.6 Å². The Balaban J connectivity index is 2.03. The summed E-state index contributed by atoms with van der Waals surface area (Å²) in [4.78, 5) is 0. The molecule has 1 heteroatoms. The summed E-state index contributed by atoms with van der Waals surface area (Å²) in [5.74, 6) is 0.454. The molecule has 110 valence electrons. The summed E-state index contributed by atoms with van der Waals surface area (Å²) in [5, 5.41) is 3.85. The Hall–Kier alpha value is -1.60. The highest BCUT2D eigenvalue weighted by Gasteiger charge is 2.32. The van der Waals surface area contributed by atoms with Crippen LogP contribution in [0.4, 0.5) is 0 Å². The van der Waals surface area contributed by atoms with Crippen LogP contribution in [0, 0.1) is 0 Å². The molecular formula is C20H25N. The molecular weight excluding hydrogens is 254 g/mol. The first-order chi connectivity index (χ1) is 10.0. The average molecular weight is 279 g/mol. The minimum Gasteiger partial charge on any atom is -0.308 e. The molecule has 0 bridgehead atoms. The lowest BCUT2D eigenvalue weighted by Gasteiger charge is -2.39. The van der Waals surface area contributed by atoms with Gasteiger partial charge in [-0.15, -0.1) is 0 Å². The Morgan fingerprint density at radius 2 is 1.57 bits per heavy atom. The summed E-state index contributed by atoms with van der Waals surface area (Å²) in [7, 11) is 0. The van der Waals surface area contributed by atoms with E-state index in [4.69, 9.17) is 0 Å². The lowest BCUT2D eigenvalue weighted by molar-refractivity contribution is 0.315. The van der Waals surface area contributed by atoms with Crippen LogP contribution in [0.25, 0.3) is 0 Å². The monoisotopic (exact) mass is 279 g/mol. The van der Waals surface area contributed by atoms with Crippen molar-refractivity contribution in [2.45, 2.75) is 51.1 Å². The molecule has 1 nitrogen and oxygen atoms in total. The van der Waals surface area contributed by atoms with Crippen molar-refractivity contribution in [1.29, 1.82) is 0 Å². The molecule has 0 radical (unpaired) electrons. The highest BCUT2D eigenvalue weighted by Crippen LogP contribution is 2.37. The van der Waals surface area contributed by atoms with Gasteiger partial charge in [0.15, 0.2) is 0 Å². The summed E-state index contributed by atoms with van der Waals surface area (Å²) in [6, 6.07) is 20.4. The van der Waals surface area contributed by atoms with Crippen molar-refractivity contribution < 1.29 is 0 Å². The number of hydrogen-bond acceptors (Lipinski definition) is 1. The van der Waals surface area contributed by atoms with Gasteiger partial charge in [0.2, 0.25) is 0 Å². The first kappa shape index (κ1) is 14.3. The van der Waals surface area contributed by atoms with Gasteiger partial charge in [0, 0.05) is 17.5 Å². The third kappa shape index (κ3) is 3.19. The average Bonchev–Trinajstić information content (AvgIpc) is 2.46. The van der Waals surface area contributed by atoms with Crippen LogP contribution in [-0.4, -0.2) is 11.6 Å². The van der Waals surface area contributed by atoms with E-state index in [-0.39, 0.29) is 5.54 Å². The molecule has 2 aromatic carbocycles. The van der Waals surface area contributed by atoms with Crippen LogP contribution >= 0.6 is 0 Å². The molecule has 0 aliphatic heterocycles. The smallest absolute Gasteiger partial charge is 0.0246 e. The minimum atomic E-state index is 0.143. The molecule has 2 atom stereocenters. The van der Waals surface area contributed by atoms with Crippen molar-refractivity contribution in [2.24, 2.45) is 0 Å². The third-order valence-corrected chi connectivity index (χ3v) is 4.29. The van der Waals surface area contributed by atoms with Crippen LogP contribution in [0.3, 0.4) is 0 Å². The Kier molecular flexibility index (Phi) is 3.86. The molecule has 1 N–H and O–H groups in total. The quantitative estimate of drug-likeness (QED) is 0.852. The Labute approximate surface area is 128 Å². The zero-order valence-electron chi connectivity index (χ0n) is 13.3. The van der Waals surface area contributed by atoms with E-state index in [9.17, 15) is 0 Å². The fraction of sp³-hybridized carbons (Fsp3) is 0.400. The predicted octanol–water partition coefficient (Wildman–Crippen LogP) is 4.52. The lowest BCUT2D eigenvalue weighted by atomic mass is 9.75. The van der Waals surface area contributed by atoms with Gasteiger partial charge in [-0.2, -0.15) is 0 Å². The standard InChI is InChI=1S/C20H25N/c1-20(2,3)21-18-14-13-15-9-7-8-12-17(15)19(18)16-10-5-4-6-11-16/h4-12,18-19,21H,13-14H2,1-3H3/t18-,19-/m1/s1.